The number of carbonyl (C=O) groups is 2. The molecule has 5 heteroatoms. The average molecular weight is 316 g/mol. The standard InChI is InChI=1S/C18H11F3O2/c19-15-9-5-4-8-14(15)16(20)17(21)18(23)13(11-22)10-12-6-2-1-3-7-12/h1-11H. The maximum atomic E-state index is 14.0. The predicted molar refractivity (Wildman–Crippen MR) is 81.0 cm³/mol. The highest BCUT2D eigenvalue weighted by atomic mass is 19.2. The molecule has 0 N–H and O–H groups in total. The molecule has 0 bridgehead atoms. The van der Waals surface area contributed by atoms with Gasteiger partial charge in [-0.2, -0.15) is 4.39 Å². The van der Waals surface area contributed by atoms with Crippen molar-refractivity contribution in [1.82, 2.24) is 0 Å². The smallest absolute Gasteiger partial charge is 0.227 e. The van der Waals surface area contributed by atoms with E-state index in [1.165, 1.54) is 12.1 Å². The second-order valence-electron chi connectivity index (χ2n) is 4.57. The molecule has 0 atom stereocenters. The Balaban J connectivity index is 2.41. The van der Waals surface area contributed by atoms with Crippen LogP contribution in [0.2, 0.25) is 0 Å². The lowest BCUT2D eigenvalue weighted by Crippen LogP contribution is -2.06. The molecule has 2 aromatic carbocycles. The Hall–Kier alpha value is -2.95. The lowest BCUT2D eigenvalue weighted by molar-refractivity contribution is -0.115. The first kappa shape index (κ1) is 16.4. The topological polar surface area (TPSA) is 34.1 Å². The van der Waals surface area contributed by atoms with Crippen molar-refractivity contribution in [3.05, 3.63) is 82.9 Å². The van der Waals surface area contributed by atoms with Crippen LogP contribution in [0.3, 0.4) is 0 Å². The minimum Gasteiger partial charge on any atom is -0.298 e. The molecule has 0 aromatic heterocycles. The summed E-state index contributed by atoms with van der Waals surface area (Å²) in [5.41, 5.74) is -0.773. The number of hydrogen-bond donors (Lipinski definition) is 0. The van der Waals surface area contributed by atoms with Crippen molar-refractivity contribution >= 4 is 24.0 Å². The zero-order chi connectivity index (χ0) is 16.8. The van der Waals surface area contributed by atoms with E-state index in [0.29, 0.717) is 5.56 Å². The van der Waals surface area contributed by atoms with Crippen LogP contribution in [0, 0.1) is 5.82 Å². The quantitative estimate of drug-likeness (QED) is 0.357. The summed E-state index contributed by atoms with van der Waals surface area (Å²) in [6, 6.07) is 12.8. The van der Waals surface area contributed by atoms with E-state index in [-0.39, 0.29) is 6.29 Å². The first-order valence-corrected chi connectivity index (χ1v) is 6.61. The van der Waals surface area contributed by atoms with E-state index in [0.717, 1.165) is 18.2 Å². The van der Waals surface area contributed by atoms with Crippen LogP contribution < -0.4 is 0 Å². The van der Waals surface area contributed by atoms with Gasteiger partial charge in [0, 0.05) is 5.56 Å². The summed E-state index contributed by atoms with van der Waals surface area (Å²) in [4.78, 5) is 22.9. The third-order valence-electron chi connectivity index (χ3n) is 3.01. The Morgan fingerprint density at radius 1 is 0.913 bits per heavy atom. The molecule has 2 rings (SSSR count). The first-order valence-electron chi connectivity index (χ1n) is 6.61. The van der Waals surface area contributed by atoms with Crippen molar-refractivity contribution in [2.24, 2.45) is 0 Å². The van der Waals surface area contributed by atoms with E-state index in [9.17, 15) is 22.8 Å². The third-order valence-corrected chi connectivity index (χ3v) is 3.01. The van der Waals surface area contributed by atoms with Crippen LogP contribution in [0.5, 0.6) is 0 Å². The monoisotopic (exact) mass is 316 g/mol. The van der Waals surface area contributed by atoms with E-state index in [4.69, 9.17) is 0 Å². The van der Waals surface area contributed by atoms with Gasteiger partial charge in [-0.25, -0.2) is 8.78 Å². The van der Waals surface area contributed by atoms with E-state index < -0.39 is 34.4 Å². The fourth-order valence-electron chi connectivity index (χ4n) is 1.87. The molecule has 0 amide bonds. The van der Waals surface area contributed by atoms with Crippen molar-refractivity contribution in [1.29, 1.82) is 0 Å². The van der Waals surface area contributed by atoms with Gasteiger partial charge in [0.1, 0.15) is 5.82 Å². The van der Waals surface area contributed by atoms with Gasteiger partial charge >= 0.3 is 0 Å². The predicted octanol–water partition coefficient (Wildman–Crippen LogP) is 4.28. The van der Waals surface area contributed by atoms with E-state index >= 15 is 0 Å². The Bertz CT molecular complexity index is 793. The summed E-state index contributed by atoms with van der Waals surface area (Å²) in [6.07, 6.45) is 1.26. The fourth-order valence-corrected chi connectivity index (χ4v) is 1.87. The number of allylic oxidation sites excluding steroid dienone is 2. The van der Waals surface area contributed by atoms with Gasteiger partial charge in [-0.05, 0) is 23.8 Å². The highest BCUT2D eigenvalue weighted by Gasteiger charge is 2.22. The van der Waals surface area contributed by atoms with E-state index in [1.54, 1.807) is 30.3 Å². The summed E-state index contributed by atoms with van der Waals surface area (Å²) in [5.74, 6) is -5.91. The molecule has 0 saturated heterocycles. The van der Waals surface area contributed by atoms with Crippen LogP contribution in [0.1, 0.15) is 11.1 Å². The van der Waals surface area contributed by atoms with Gasteiger partial charge in [-0.15, -0.1) is 0 Å². The molecule has 0 aliphatic heterocycles. The molecular weight excluding hydrogens is 305 g/mol. The Labute approximate surface area is 130 Å². The molecule has 2 aromatic rings. The molecule has 0 aliphatic rings. The van der Waals surface area contributed by atoms with Gasteiger partial charge in [-0.3, -0.25) is 9.59 Å². The molecule has 0 spiro atoms. The van der Waals surface area contributed by atoms with Gasteiger partial charge in [0.2, 0.25) is 11.6 Å². The number of rotatable bonds is 5. The van der Waals surface area contributed by atoms with Crippen molar-refractivity contribution < 1.29 is 22.8 Å². The molecule has 0 radical (unpaired) electrons. The van der Waals surface area contributed by atoms with Crippen LogP contribution >= 0.6 is 0 Å². The number of halogens is 3. The van der Waals surface area contributed by atoms with Crippen LogP contribution in [-0.2, 0) is 9.59 Å². The van der Waals surface area contributed by atoms with Crippen molar-refractivity contribution in [3.63, 3.8) is 0 Å². The molecule has 0 saturated carbocycles. The molecule has 0 aliphatic carbocycles. The number of hydrogen-bond acceptors (Lipinski definition) is 2. The summed E-state index contributed by atoms with van der Waals surface area (Å²) < 4.78 is 41.4. The maximum absolute atomic E-state index is 14.0. The number of aldehydes is 1. The molecule has 0 heterocycles. The zero-order valence-corrected chi connectivity index (χ0v) is 11.8. The van der Waals surface area contributed by atoms with E-state index in [1.807, 2.05) is 0 Å². The number of benzene rings is 2. The van der Waals surface area contributed by atoms with Gasteiger partial charge in [0.25, 0.3) is 0 Å². The Kier molecular flexibility index (Phi) is 5.25. The molecule has 23 heavy (non-hydrogen) atoms. The fraction of sp³-hybridized carbons (Fsp3) is 0. The lowest BCUT2D eigenvalue weighted by atomic mass is 10.1. The first-order chi connectivity index (χ1) is 11.0. The number of Topliss-reactive ketones (excluding diaryl/α,β-unsaturated/α-hetero) is 1. The molecule has 0 fully saturated rings. The second kappa shape index (κ2) is 7.35. The third kappa shape index (κ3) is 3.83. The second-order valence-corrected chi connectivity index (χ2v) is 4.57. The van der Waals surface area contributed by atoms with Crippen LogP contribution in [0.25, 0.3) is 11.9 Å². The SMILES string of the molecule is O=CC(=Cc1ccccc1)C(=O)C(F)=C(F)c1ccccc1F. The molecule has 0 unspecified atom stereocenters. The minimum absolute atomic E-state index is 0.129. The van der Waals surface area contributed by atoms with E-state index in [2.05, 4.69) is 0 Å². The van der Waals surface area contributed by atoms with Gasteiger partial charge in [0.15, 0.2) is 12.1 Å². The van der Waals surface area contributed by atoms with Crippen molar-refractivity contribution in [2.75, 3.05) is 0 Å². The normalized spacial score (nSPS) is 12.6. The van der Waals surface area contributed by atoms with Crippen LogP contribution in [0.4, 0.5) is 13.2 Å². The summed E-state index contributed by atoms with van der Waals surface area (Å²) in [6.45, 7) is 0. The Morgan fingerprint density at radius 3 is 2.13 bits per heavy atom. The van der Waals surface area contributed by atoms with Gasteiger partial charge < -0.3 is 0 Å². The van der Waals surface area contributed by atoms with Crippen LogP contribution in [-0.4, -0.2) is 12.1 Å². The van der Waals surface area contributed by atoms with Gasteiger partial charge in [-0.1, -0.05) is 42.5 Å². The summed E-state index contributed by atoms with van der Waals surface area (Å²) in [7, 11) is 0. The zero-order valence-electron chi connectivity index (χ0n) is 11.8. The number of carbonyl (C=O) groups excluding carboxylic acids is 2. The molecule has 116 valence electrons. The summed E-state index contributed by atoms with van der Waals surface area (Å²) >= 11 is 0. The molecular formula is C18H11F3O2. The Morgan fingerprint density at radius 2 is 1.52 bits per heavy atom. The van der Waals surface area contributed by atoms with Crippen molar-refractivity contribution in [3.8, 4) is 0 Å². The number of ketones is 1. The van der Waals surface area contributed by atoms with Gasteiger partial charge in [0.05, 0.1) is 5.57 Å². The van der Waals surface area contributed by atoms with Crippen LogP contribution in [0.15, 0.2) is 66.0 Å². The lowest BCUT2D eigenvalue weighted by Gasteiger charge is -2.03. The highest BCUT2D eigenvalue weighted by molar-refractivity contribution is 6.23. The minimum atomic E-state index is -1.82. The summed E-state index contributed by atoms with van der Waals surface area (Å²) in [5, 5.41) is 0. The van der Waals surface area contributed by atoms with Crippen molar-refractivity contribution in [2.45, 2.75) is 0 Å². The highest BCUT2D eigenvalue weighted by Crippen LogP contribution is 2.26. The largest absolute Gasteiger partial charge is 0.298 e. The molecule has 2 nitrogen and oxygen atoms in total. The average Bonchev–Trinajstić information content (AvgIpc) is 2.59. The maximum Gasteiger partial charge on any atom is 0.227 e.